The molecule has 0 unspecified atom stereocenters. The first-order valence-electron chi connectivity index (χ1n) is 5.19. The number of nitrogens with one attached hydrogen (secondary N) is 1. The summed E-state index contributed by atoms with van der Waals surface area (Å²) in [6.45, 7) is 1.87. The molecule has 4 nitrogen and oxygen atoms in total. The number of pyridine rings is 1. The summed E-state index contributed by atoms with van der Waals surface area (Å²) in [5, 5.41) is 11.1. The largest absolute Gasteiger partial charge is 0.465 e. The number of aryl methyl sites for hydroxylation is 1. The van der Waals surface area contributed by atoms with Crippen LogP contribution in [0.2, 0.25) is 0 Å². The third-order valence-corrected chi connectivity index (χ3v) is 2.37. The monoisotopic (exact) mass is 228 g/mol. The quantitative estimate of drug-likeness (QED) is 0.829. The number of anilines is 1. The molecule has 0 fully saturated rings. The summed E-state index contributed by atoms with van der Waals surface area (Å²) in [7, 11) is 0. The zero-order chi connectivity index (χ0) is 12.3. The zero-order valence-electron chi connectivity index (χ0n) is 9.34. The van der Waals surface area contributed by atoms with Gasteiger partial charge < -0.3 is 5.11 Å². The first kappa shape index (κ1) is 11.1. The van der Waals surface area contributed by atoms with Crippen LogP contribution < -0.4 is 5.32 Å². The van der Waals surface area contributed by atoms with E-state index in [-0.39, 0.29) is 0 Å². The van der Waals surface area contributed by atoms with Gasteiger partial charge in [-0.25, -0.2) is 4.79 Å². The van der Waals surface area contributed by atoms with Crippen LogP contribution in [-0.4, -0.2) is 16.2 Å². The van der Waals surface area contributed by atoms with E-state index in [0.29, 0.717) is 5.69 Å². The highest BCUT2D eigenvalue weighted by Crippen LogP contribution is 2.27. The summed E-state index contributed by atoms with van der Waals surface area (Å²) in [4.78, 5) is 14.8. The van der Waals surface area contributed by atoms with Gasteiger partial charge >= 0.3 is 6.09 Å². The Labute approximate surface area is 98.9 Å². The predicted octanol–water partition coefficient (Wildman–Crippen LogP) is 3.15. The predicted molar refractivity (Wildman–Crippen MR) is 66.1 cm³/mol. The number of rotatable bonds is 2. The maximum Gasteiger partial charge on any atom is 0.409 e. The Hall–Kier alpha value is -2.36. The molecule has 0 bridgehead atoms. The molecule has 0 aliphatic rings. The number of carboxylic acid groups (broad SMARTS) is 1. The molecule has 0 radical (unpaired) electrons. The average molecular weight is 228 g/mol. The van der Waals surface area contributed by atoms with Gasteiger partial charge in [0.15, 0.2) is 0 Å². The molecular formula is C13H12N2O2. The molecule has 1 heterocycles. The second kappa shape index (κ2) is 4.65. The lowest BCUT2D eigenvalue weighted by Gasteiger charge is -2.09. The van der Waals surface area contributed by atoms with Crippen LogP contribution in [0, 0.1) is 6.92 Å². The van der Waals surface area contributed by atoms with Crippen LogP contribution in [0.25, 0.3) is 11.1 Å². The Bertz CT molecular complexity index is 538. The van der Waals surface area contributed by atoms with Crippen molar-refractivity contribution in [2.24, 2.45) is 0 Å². The lowest BCUT2D eigenvalue weighted by molar-refractivity contribution is 0.209. The van der Waals surface area contributed by atoms with Crippen molar-refractivity contribution in [3.63, 3.8) is 0 Å². The Morgan fingerprint density at radius 1 is 1.29 bits per heavy atom. The van der Waals surface area contributed by atoms with E-state index in [9.17, 15) is 4.79 Å². The molecule has 0 aliphatic heterocycles. The van der Waals surface area contributed by atoms with Crippen molar-refractivity contribution < 1.29 is 9.90 Å². The SMILES string of the molecule is Cc1cc(-c2ccccc2)c(NC(=O)O)cn1. The van der Waals surface area contributed by atoms with Gasteiger partial charge in [0.1, 0.15) is 0 Å². The van der Waals surface area contributed by atoms with Gasteiger partial charge in [0.2, 0.25) is 0 Å². The molecule has 0 spiro atoms. The van der Waals surface area contributed by atoms with Crippen LogP contribution in [0.1, 0.15) is 5.69 Å². The number of carbonyl (C=O) groups is 1. The van der Waals surface area contributed by atoms with Gasteiger partial charge in [-0.3, -0.25) is 10.3 Å². The Balaban J connectivity index is 2.51. The van der Waals surface area contributed by atoms with E-state index in [1.54, 1.807) is 0 Å². The van der Waals surface area contributed by atoms with E-state index in [1.807, 2.05) is 43.3 Å². The van der Waals surface area contributed by atoms with Crippen molar-refractivity contribution in [2.45, 2.75) is 6.92 Å². The first-order chi connectivity index (χ1) is 8.16. The van der Waals surface area contributed by atoms with Gasteiger partial charge in [0.25, 0.3) is 0 Å². The Morgan fingerprint density at radius 2 is 2.00 bits per heavy atom. The number of benzene rings is 1. The van der Waals surface area contributed by atoms with E-state index >= 15 is 0 Å². The van der Waals surface area contributed by atoms with E-state index in [4.69, 9.17) is 5.11 Å². The molecule has 1 amide bonds. The molecule has 0 saturated carbocycles. The maximum atomic E-state index is 10.7. The lowest BCUT2D eigenvalue weighted by Crippen LogP contribution is -2.08. The van der Waals surface area contributed by atoms with Crippen molar-refractivity contribution in [1.29, 1.82) is 0 Å². The maximum absolute atomic E-state index is 10.7. The molecule has 0 saturated heterocycles. The minimum atomic E-state index is -1.09. The fourth-order valence-electron chi connectivity index (χ4n) is 1.63. The number of amides is 1. The molecule has 86 valence electrons. The van der Waals surface area contributed by atoms with Crippen LogP contribution in [0.15, 0.2) is 42.6 Å². The van der Waals surface area contributed by atoms with Gasteiger partial charge in [-0.15, -0.1) is 0 Å². The first-order valence-corrected chi connectivity index (χ1v) is 5.19. The van der Waals surface area contributed by atoms with Crippen molar-refractivity contribution in [2.75, 3.05) is 5.32 Å². The number of hydrogen-bond acceptors (Lipinski definition) is 2. The van der Waals surface area contributed by atoms with Crippen molar-refractivity contribution in [3.8, 4) is 11.1 Å². The fraction of sp³-hybridized carbons (Fsp3) is 0.0769. The second-order valence-electron chi connectivity index (χ2n) is 3.67. The van der Waals surface area contributed by atoms with Crippen LogP contribution in [0.3, 0.4) is 0 Å². The molecule has 1 aromatic heterocycles. The zero-order valence-corrected chi connectivity index (χ0v) is 9.34. The van der Waals surface area contributed by atoms with Gasteiger partial charge in [-0.05, 0) is 18.6 Å². The molecule has 2 N–H and O–H groups in total. The minimum absolute atomic E-state index is 0.495. The Kier molecular flexibility index (Phi) is 3.05. The Morgan fingerprint density at radius 3 is 2.65 bits per heavy atom. The molecule has 2 rings (SSSR count). The van der Waals surface area contributed by atoms with E-state index in [1.165, 1.54) is 6.20 Å². The highest BCUT2D eigenvalue weighted by atomic mass is 16.4. The summed E-state index contributed by atoms with van der Waals surface area (Å²) in [5.41, 5.74) is 3.14. The molecule has 1 aromatic carbocycles. The van der Waals surface area contributed by atoms with Gasteiger partial charge in [0, 0.05) is 11.3 Å². The molecule has 0 atom stereocenters. The van der Waals surface area contributed by atoms with Crippen molar-refractivity contribution in [1.82, 2.24) is 4.98 Å². The smallest absolute Gasteiger partial charge is 0.409 e. The molecular weight excluding hydrogens is 216 g/mol. The summed E-state index contributed by atoms with van der Waals surface area (Å²) in [5.74, 6) is 0. The van der Waals surface area contributed by atoms with Crippen LogP contribution >= 0.6 is 0 Å². The molecule has 17 heavy (non-hydrogen) atoms. The highest BCUT2D eigenvalue weighted by molar-refractivity contribution is 5.90. The topological polar surface area (TPSA) is 62.2 Å². The normalized spacial score (nSPS) is 9.94. The van der Waals surface area contributed by atoms with E-state index < -0.39 is 6.09 Å². The van der Waals surface area contributed by atoms with Gasteiger partial charge in [-0.2, -0.15) is 0 Å². The number of aromatic nitrogens is 1. The second-order valence-corrected chi connectivity index (χ2v) is 3.67. The summed E-state index contributed by atoms with van der Waals surface area (Å²) in [6.07, 6.45) is 0.444. The van der Waals surface area contributed by atoms with Crippen LogP contribution in [0.4, 0.5) is 10.5 Å². The van der Waals surface area contributed by atoms with Crippen LogP contribution in [0.5, 0.6) is 0 Å². The number of nitrogens with zero attached hydrogens (tertiary/aromatic N) is 1. The van der Waals surface area contributed by atoms with Crippen LogP contribution in [-0.2, 0) is 0 Å². The fourth-order valence-corrected chi connectivity index (χ4v) is 1.63. The molecule has 0 aliphatic carbocycles. The van der Waals surface area contributed by atoms with E-state index in [2.05, 4.69) is 10.3 Å². The van der Waals surface area contributed by atoms with Crippen molar-refractivity contribution >= 4 is 11.8 Å². The molecule has 2 aromatic rings. The summed E-state index contributed by atoms with van der Waals surface area (Å²) < 4.78 is 0. The third kappa shape index (κ3) is 2.60. The highest BCUT2D eigenvalue weighted by Gasteiger charge is 2.08. The van der Waals surface area contributed by atoms with E-state index in [0.717, 1.165) is 16.8 Å². The summed E-state index contributed by atoms with van der Waals surface area (Å²) >= 11 is 0. The lowest BCUT2D eigenvalue weighted by atomic mass is 10.0. The average Bonchev–Trinajstić information content (AvgIpc) is 2.32. The third-order valence-electron chi connectivity index (χ3n) is 2.37. The van der Waals surface area contributed by atoms with Gasteiger partial charge in [0.05, 0.1) is 11.9 Å². The molecule has 4 heteroatoms. The standard InChI is InChI=1S/C13H12N2O2/c1-9-7-11(10-5-3-2-4-6-10)12(8-14-9)15-13(16)17/h2-8,15H,1H3,(H,16,17). The van der Waals surface area contributed by atoms with Crippen molar-refractivity contribution in [3.05, 3.63) is 48.3 Å². The summed E-state index contributed by atoms with van der Waals surface area (Å²) in [6, 6.07) is 11.5. The number of hydrogen-bond donors (Lipinski definition) is 2. The van der Waals surface area contributed by atoms with Gasteiger partial charge in [-0.1, -0.05) is 30.3 Å². The minimum Gasteiger partial charge on any atom is -0.465 e.